The summed E-state index contributed by atoms with van der Waals surface area (Å²) in [6.45, 7) is 1.42. The second kappa shape index (κ2) is 9.07. The van der Waals surface area contributed by atoms with E-state index in [1.807, 2.05) is 51.7 Å². The summed E-state index contributed by atoms with van der Waals surface area (Å²) in [5.74, 6) is -0.119. The maximum atomic E-state index is 12.1. The zero-order valence-corrected chi connectivity index (χ0v) is 20.9. The summed E-state index contributed by atoms with van der Waals surface area (Å²) < 4.78 is 11.3. The van der Waals surface area contributed by atoms with Crippen molar-refractivity contribution in [1.82, 2.24) is 33.9 Å². The fraction of sp³-hybridized carbons (Fsp3) is 0.179. The fourth-order valence-electron chi connectivity index (χ4n) is 5.47. The minimum absolute atomic E-state index is 0.240. The Balaban J connectivity index is 1.41. The molecule has 11 nitrogen and oxygen atoms in total. The number of para-hydroxylation sites is 1. The number of carbonyl (C=O) groups is 1. The first-order chi connectivity index (χ1) is 19.1. The van der Waals surface area contributed by atoms with Gasteiger partial charge in [-0.1, -0.05) is 18.2 Å². The summed E-state index contributed by atoms with van der Waals surface area (Å²) >= 11 is 0. The average Bonchev–Trinajstić information content (AvgIpc) is 3.70. The van der Waals surface area contributed by atoms with Gasteiger partial charge in [0.2, 0.25) is 0 Å². The minimum Gasteiger partial charge on any atom is -0.382 e. The van der Waals surface area contributed by atoms with E-state index in [2.05, 4.69) is 30.9 Å². The lowest BCUT2D eigenvalue weighted by Crippen LogP contribution is -2.21. The zero-order chi connectivity index (χ0) is 26.5. The van der Waals surface area contributed by atoms with E-state index in [0.717, 1.165) is 46.4 Å². The minimum atomic E-state index is -0.501. The van der Waals surface area contributed by atoms with Crippen LogP contribution >= 0.6 is 0 Å². The highest BCUT2D eigenvalue weighted by Gasteiger charge is 2.24. The molecule has 39 heavy (non-hydrogen) atoms. The Bertz CT molecular complexity index is 1860. The van der Waals surface area contributed by atoms with Crippen molar-refractivity contribution in [2.75, 3.05) is 18.9 Å². The van der Waals surface area contributed by atoms with Crippen LogP contribution in [0.4, 0.5) is 5.82 Å². The Morgan fingerprint density at radius 2 is 1.82 bits per heavy atom. The van der Waals surface area contributed by atoms with Gasteiger partial charge in [0.25, 0.3) is 5.91 Å². The third-order valence-corrected chi connectivity index (χ3v) is 7.34. The third-order valence-electron chi connectivity index (χ3n) is 7.34. The molecule has 11 heteroatoms. The van der Waals surface area contributed by atoms with Gasteiger partial charge in [0.15, 0.2) is 5.82 Å². The van der Waals surface area contributed by atoms with Gasteiger partial charge >= 0.3 is 0 Å². The molecule has 0 aliphatic carbocycles. The number of hydrogen-bond donors (Lipinski definition) is 2. The van der Waals surface area contributed by atoms with Gasteiger partial charge in [-0.15, -0.1) is 0 Å². The van der Waals surface area contributed by atoms with E-state index in [0.29, 0.717) is 35.8 Å². The molecule has 2 aromatic carbocycles. The van der Waals surface area contributed by atoms with Crippen molar-refractivity contribution in [3.63, 3.8) is 0 Å². The molecule has 0 saturated carbocycles. The first-order valence-electron chi connectivity index (χ1n) is 12.7. The topological polar surface area (TPSA) is 144 Å². The second-order valence-electron chi connectivity index (χ2n) is 9.55. The van der Waals surface area contributed by atoms with E-state index >= 15 is 0 Å². The number of nitrogens with two attached hydrogens (primary N) is 2. The zero-order valence-electron chi connectivity index (χ0n) is 20.9. The molecule has 4 aromatic heterocycles. The van der Waals surface area contributed by atoms with Crippen molar-refractivity contribution in [2.45, 2.75) is 18.9 Å². The Kier molecular flexibility index (Phi) is 5.37. The summed E-state index contributed by atoms with van der Waals surface area (Å²) in [6, 6.07) is 17.5. The number of nitrogens with zero attached hydrogens (tertiary/aromatic N) is 7. The molecule has 6 aromatic rings. The van der Waals surface area contributed by atoms with Crippen molar-refractivity contribution in [3.05, 3.63) is 79.0 Å². The lowest BCUT2D eigenvalue weighted by atomic mass is 10.1. The van der Waals surface area contributed by atoms with Crippen LogP contribution in [-0.4, -0.2) is 53.1 Å². The summed E-state index contributed by atoms with van der Waals surface area (Å²) in [4.78, 5) is 21.0. The van der Waals surface area contributed by atoms with Gasteiger partial charge < -0.3 is 16.2 Å². The molecule has 5 heterocycles. The van der Waals surface area contributed by atoms with Gasteiger partial charge in [-0.2, -0.15) is 10.2 Å². The number of fused-ring (bicyclic) bond motifs is 2. The predicted octanol–water partition coefficient (Wildman–Crippen LogP) is 3.63. The number of imidazole rings is 1. The number of primary amides is 1. The van der Waals surface area contributed by atoms with Crippen molar-refractivity contribution >= 4 is 28.3 Å². The molecular formula is C28H25N9O2. The highest BCUT2D eigenvalue weighted by molar-refractivity contribution is 5.98. The SMILES string of the molecule is NC(=O)c1ccccc1-n1cnc2ccc(-c3cc(-c4ccnn4C4CCOCC4)c4c(N)ncnn34)cc21. The van der Waals surface area contributed by atoms with Gasteiger partial charge in [-0.05, 0) is 49.2 Å². The molecule has 0 radical (unpaired) electrons. The van der Waals surface area contributed by atoms with Crippen molar-refractivity contribution in [2.24, 2.45) is 5.73 Å². The Hall–Kier alpha value is -5.03. The van der Waals surface area contributed by atoms with E-state index in [1.54, 1.807) is 18.5 Å². The van der Waals surface area contributed by atoms with Crippen molar-refractivity contribution in [1.29, 1.82) is 0 Å². The second-order valence-corrected chi connectivity index (χ2v) is 9.55. The summed E-state index contributed by atoms with van der Waals surface area (Å²) in [6.07, 6.45) is 6.76. The highest BCUT2D eigenvalue weighted by atomic mass is 16.5. The molecule has 1 aliphatic rings. The van der Waals surface area contributed by atoms with Gasteiger partial charge in [0.1, 0.15) is 18.2 Å². The Morgan fingerprint density at radius 1 is 0.974 bits per heavy atom. The summed E-state index contributed by atoms with van der Waals surface area (Å²) in [5, 5.41) is 9.23. The highest BCUT2D eigenvalue weighted by Crippen LogP contribution is 2.37. The molecule has 194 valence electrons. The van der Waals surface area contributed by atoms with Crippen LogP contribution in [0.15, 0.2) is 73.4 Å². The molecule has 1 saturated heterocycles. The molecule has 1 aliphatic heterocycles. The van der Waals surface area contributed by atoms with Crippen molar-refractivity contribution in [3.8, 4) is 28.2 Å². The first kappa shape index (κ1) is 23.1. The molecule has 0 bridgehead atoms. The number of benzene rings is 2. The number of ether oxygens (including phenoxy) is 1. The number of anilines is 1. The maximum Gasteiger partial charge on any atom is 0.250 e. The average molecular weight is 520 g/mol. The van der Waals surface area contributed by atoms with Crippen LogP contribution in [0, 0.1) is 0 Å². The lowest BCUT2D eigenvalue weighted by molar-refractivity contribution is 0.0667. The van der Waals surface area contributed by atoms with E-state index in [4.69, 9.17) is 16.2 Å². The van der Waals surface area contributed by atoms with E-state index in [-0.39, 0.29) is 6.04 Å². The van der Waals surface area contributed by atoms with Crippen LogP contribution in [0.25, 0.3) is 44.8 Å². The monoisotopic (exact) mass is 519 g/mol. The predicted molar refractivity (Wildman–Crippen MR) is 146 cm³/mol. The fourth-order valence-corrected chi connectivity index (χ4v) is 5.47. The smallest absolute Gasteiger partial charge is 0.250 e. The van der Waals surface area contributed by atoms with Crippen LogP contribution in [0.5, 0.6) is 0 Å². The number of aromatic nitrogens is 7. The maximum absolute atomic E-state index is 12.1. The summed E-state index contributed by atoms with van der Waals surface area (Å²) in [7, 11) is 0. The first-order valence-corrected chi connectivity index (χ1v) is 12.7. The molecule has 0 atom stereocenters. The molecule has 1 amide bonds. The summed E-state index contributed by atoms with van der Waals surface area (Å²) in [5.41, 5.74) is 19.1. The largest absolute Gasteiger partial charge is 0.382 e. The van der Waals surface area contributed by atoms with Crippen LogP contribution in [-0.2, 0) is 4.74 Å². The molecular weight excluding hydrogens is 494 g/mol. The molecule has 0 unspecified atom stereocenters. The lowest BCUT2D eigenvalue weighted by Gasteiger charge is -2.24. The molecule has 7 rings (SSSR count). The van der Waals surface area contributed by atoms with Crippen molar-refractivity contribution < 1.29 is 9.53 Å². The molecule has 0 spiro atoms. The van der Waals surface area contributed by atoms with E-state index in [9.17, 15) is 4.79 Å². The quantitative estimate of drug-likeness (QED) is 0.354. The number of nitrogen functional groups attached to an aromatic ring is 1. The van der Waals surface area contributed by atoms with Gasteiger partial charge in [0.05, 0.1) is 39.7 Å². The van der Waals surface area contributed by atoms with Crippen LogP contribution in [0.2, 0.25) is 0 Å². The molecule has 1 fully saturated rings. The van der Waals surface area contributed by atoms with Gasteiger partial charge in [0, 0.05) is 30.5 Å². The number of hydrogen-bond acceptors (Lipinski definition) is 7. The van der Waals surface area contributed by atoms with Crippen LogP contribution in [0.3, 0.4) is 0 Å². The standard InChI is InChI=1S/C28H25N9O2/c29-27-26-20(23-7-10-33-36(23)18-8-11-39-12-9-18)14-24(37(26)34-15-31-27)17-5-6-21-25(13-17)35(16-32-21)22-4-2-1-3-19(22)28(30)38/h1-7,10,13-16,18H,8-9,11-12H2,(H2,30,38)(H2,29,31,34). The molecule has 4 N–H and O–H groups in total. The van der Waals surface area contributed by atoms with Crippen LogP contribution < -0.4 is 11.5 Å². The Morgan fingerprint density at radius 3 is 2.67 bits per heavy atom. The van der Waals surface area contributed by atoms with E-state index < -0.39 is 5.91 Å². The van der Waals surface area contributed by atoms with Gasteiger partial charge in [-0.25, -0.2) is 14.5 Å². The number of rotatable bonds is 5. The van der Waals surface area contributed by atoms with Crippen LogP contribution in [0.1, 0.15) is 29.2 Å². The van der Waals surface area contributed by atoms with E-state index in [1.165, 1.54) is 6.33 Å². The van der Waals surface area contributed by atoms with Gasteiger partial charge in [-0.3, -0.25) is 14.0 Å². The normalized spacial score (nSPS) is 14.4. The number of amides is 1. The Labute approximate surface area is 222 Å². The third kappa shape index (κ3) is 3.74. The number of carbonyl (C=O) groups excluding carboxylic acids is 1.